The Balaban J connectivity index is 1.39. The highest BCUT2D eigenvalue weighted by atomic mass is 79.9. The molecule has 0 bridgehead atoms. The summed E-state index contributed by atoms with van der Waals surface area (Å²) >= 11 is 9.96. The van der Waals surface area contributed by atoms with Crippen LogP contribution < -0.4 is 14.8 Å². The summed E-state index contributed by atoms with van der Waals surface area (Å²) in [6.45, 7) is 6.27. The Hall–Kier alpha value is -3.36. The molecule has 7 nitrogen and oxygen atoms in total. The Morgan fingerprint density at radius 3 is 2.64 bits per heavy atom. The van der Waals surface area contributed by atoms with E-state index in [1.807, 2.05) is 25.1 Å². The van der Waals surface area contributed by atoms with Crippen LogP contribution in [0.4, 0.5) is 17.1 Å². The molecule has 1 fully saturated rings. The minimum Gasteiger partial charge on any atom is -0.462 e. The van der Waals surface area contributed by atoms with Gasteiger partial charge in [0.1, 0.15) is 5.41 Å². The molecule has 3 aromatic carbocycles. The SMILES string of the molecule is CCOC(=O)c1ccc(N2N=C(C)C3(Cc4cc(Br)ccc4N4CCN(c5cccc(Cl)c5)CC43)C2=O)cc1. The van der Waals surface area contributed by atoms with E-state index in [1.54, 1.807) is 31.2 Å². The summed E-state index contributed by atoms with van der Waals surface area (Å²) in [5.74, 6) is -0.446. The van der Waals surface area contributed by atoms with Crippen LogP contribution in [0.25, 0.3) is 0 Å². The number of hydrogen-bond donors (Lipinski definition) is 0. The van der Waals surface area contributed by atoms with E-state index in [0.717, 1.165) is 40.2 Å². The number of ether oxygens (including phenoxy) is 1. The van der Waals surface area contributed by atoms with E-state index in [0.29, 0.717) is 35.8 Å². The van der Waals surface area contributed by atoms with Crippen molar-refractivity contribution >= 4 is 62.2 Å². The van der Waals surface area contributed by atoms with Gasteiger partial charge in [0.25, 0.3) is 5.91 Å². The zero-order valence-electron chi connectivity index (χ0n) is 21.7. The van der Waals surface area contributed by atoms with Gasteiger partial charge in [0, 0.05) is 40.5 Å². The maximum atomic E-state index is 14.5. The fourth-order valence-electron chi connectivity index (χ4n) is 6.14. The maximum Gasteiger partial charge on any atom is 0.338 e. The highest BCUT2D eigenvalue weighted by Gasteiger charge is 2.60. The highest BCUT2D eigenvalue weighted by molar-refractivity contribution is 9.10. The number of halogens is 2. The summed E-state index contributed by atoms with van der Waals surface area (Å²) in [6, 6.07) is 20.9. The molecular weight excluding hydrogens is 580 g/mol. The third-order valence-electron chi connectivity index (χ3n) is 8.04. The number of piperazine rings is 1. The van der Waals surface area contributed by atoms with Gasteiger partial charge in [-0.3, -0.25) is 4.79 Å². The minimum atomic E-state index is -0.842. The molecule has 1 spiro atoms. The van der Waals surface area contributed by atoms with Crippen molar-refractivity contribution in [2.45, 2.75) is 26.3 Å². The second-order valence-electron chi connectivity index (χ2n) is 10.1. The average molecular weight is 608 g/mol. The Morgan fingerprint density at radius 2 is 1.90 bits per heavy atom. The summed E-state index contributed by atoms with van der Waals surface area (Å²) in [6.07, 6.45) is 0.553. The maximum absolute atomic E-state index is 14.5. The van der Waals surface area contributed by atoms with Crippen LogP contribution in [0, 0.1) is 5.41 Å². The van der Waals surface area contributed by atoms with Gasteiger partial charge in [-0.1, -0.05) is 33.6 Å². The lowest BCUT2D eigenvalue weighted by molar-refractivity contribution is -0.125. The van der Waals surface area contributed by atoms with Crippen LogP contribution in [-0.2, 0) is 16.0 Å². The average Bonchev–Trinajstić information content (AvgIpc) is 3.18. The van der Waals surface area contributed by atoms with Crippen molar-refractivity contribution in [3.05, 3.63) is 87.4 Å². The number of hydrazone groups is 1. The molecule has 9 heteroatoms. The van der Waals surface area contributed by atoms with Gasteiger partial charge in [-0.25, -0.2) is 4.79 Å². The van der Waals surface area contributed by atoms with Gasteiger partial charge in [-0.15, -0.1) is 0 Å². The molecule has 1 amide bonds. The van der Waals surface area contributed by atoms with E-state index in [2.05, 4.69) is 50.0 Å². The largest absolute Gasteiger partial charge is 0.462 e. The lowest BCUT2D eigenvalue weighted by Crippen LogP contribution is -2.67. The smallest absolute Gasteiger partial charge is 0.338 e. The fraction of sp³-hybridized carbons (Fsp3) is 0.300. The lowest BCUT2D eigenvalue weighted by Gasteiger charge is -2.53. The number of rotatable bonds is 4. The number of anilines is 3. The van der Waals surface area contributed by atoms with Crippen molar-refractivity contribution in [1.82, 2.24) is 0 Å². The number of fused-ring (bicyclic) bond motifs is 4. The van der Waals surface area contributed by atoms with Gasteiger partial charge < -0.3 is 14.5 Å². The van der Waals surface area contributed by atoms with Crippen molar-refractivity contribution < 1.29 is 14.3 Å². The molecule has 0 aromatic heterocycles. The molecule has 3 aliphatic rings. The number of hydrogen-bond acceptors (Lipinski definition) is 6. The van der Waals surface area contributed by atoms with Crippen molar-refractivity contribution in [2.75, 3.05) is 41.0 Å². The van der Waals surface area contributed by atoms with E-state index < -0.39 is 5.41 Å². The third kappa shape index (κ3) is 4.30. The summed E-state index contributed by atoms with van der Waals surface area (Å²) < 4.78 is 6.09. The topological polar surface area (TPSA) is 65.5 Å². The van der Waals surface area contributed by atoms with E-state index in [1.165, 1.54) is 5.01 Å². The van der Waals surface area contributed by atoms with Crippen molar-refractivity contribution in [3.63, 3.8) is 0 Å². The number of amides is 1. The van der Waals surface area contributed by atoms with Crippen LogP contribution in [0.15, 0.2) is 76.3 Å². The number of carbonyl (C=O) groups is 2. The van der Waals surface area contributed by atoms with Crippen LogP contribution in [0.3, 0.4) is 0 Å². The van der Waals surface area contributed by atoms with Gasteiger partial charge in [0.05, 0.1) is 29.6 Å². The Morgan fingerprint density at radius 1 is 1.10 bits per heavy atom. The van der Waals surface area contributed by atoms with Gasteiger partial charge in [-0.05, 0) is 86.5 Å². The molecule has 3 heterocycles. The minimum absolute atomic E-state index is 0.0579. The van der Waals surface area contributed by atoms with Gasteiger partial charge in [0.2, 0.25) is 0 Å². The molecule has 39 heavy (non-hydrogen) atoms. The predicted molar refractivity (Wildman–Crippen MR) is 158 cm³/mol. The van der Waals surface area contributed by atoms with Crippen LogP contribution in [-0.4, -0.2) is 49.9 Å². The van der Waals surface area contributed by atoms with E-state index >= 15 is 0 Å². The Bertz CT molecular complexity index is 1490. The van der Waals surface area contributed by atoms with Crippen LogP contribution in [0.1, 0.15) is 29.8 Å². The monoisotopic (exact) mass is 606 g/mol. The second kappa shape index (κ2) is 9.99. The Kier molecular flexibility index (Phi) is 6.63. The van der Waals surface area contributed by atoms with Crippen LogP contribution in [0.2, 0.25) is 5.02 Å². The first kappa shape index (κ1) is 25.9. The zero-order chi connectivity index (χ0) is 27.3. The third-order valence-corrected chi connectivity index (χ3v) is 8.76. The first-order chi connectivity index (χ1) is 18.8. The zero-order valence-corrected chi connectivity index (χ0v) is 24.1. The standard InChI is InChI=1S/C30H28BrClN4O3/c1-3-39-28(37)20-7-10-24(11-8-20)36-29(38)30(19(2)33-36)17-21-15-22(31)9-12-26(21)35-14-13-34(18-27(30)35)25-6-4-5-23(32)16-25/h4-12,15-16,27H,3,13-14,17-18H2,1-2H3. The number of carbonyl (C=O) groups excluding carboxylic acids is 2. The number of benzene rings is 3. The molecule has 0 saturated carbocycles. The van der Waals surface area contributed by atoms with Crippen molar-refractivity contribution in [3.8, 4) is 0 Å². The second-order valence-corrected chi connectivity index (χ2v) is 11.5. The first-order valence-electron chi connectivity index (χ1n) is 13.0. The van der Waals surface area contributed by atoms with Gasteiger partial charge in [0.15, 0.2) is 0 Å². The van der Waals surface area contributed by atoms with Gasteiger partial charge >= 0.3 is 5.97 Å². The number of nitrogens with zero attached hydrogens (tertiary/aromatic N) is 4. The van der Waals surface area contributed by atoms with Crippen molar-refractivity contribution in [1.29, 1.82) is 0 Å². The summed E-state index contributed by atoms with van der Waals surface area (Å²) in [5, 5.41) is 7.03. The molecule has 0 N–H and O–H groups in total. The summed E-state index contributed by atoms with van der Waals surface area (Å²) in [7, 11) is 0. The summed E-state index contributed by atoms with van der Waals surface area (Å²) in [4.78, 5) is 31.4. The molecular formula is C30H28BrClN4O3. The first-order valence-corrected chi connectivity index (χ1v) is 14.2. The predicted octanol–water partition coefficient (Wildman–Crippen LogP) is 5.94. The van der Waals surface area contributed by atoms with E-state index in [9.17, 15) is 9.59 Å². The lowest BCUT2D eigenvalue weighted by atomic mass is 9.67. The van der Waals surface area contributed by atoms with E-state index in [-0.39, 0.29) is 17.9 Å². The number of esters is 1. The molecule has 200 valence electrons. The highest BCUT2D eigenvalue weighted by Crippen LogP contribution is 2.49. The summed E-state index contributed by atoms with van der Waals surface area (Å²) in [5.41, 5.74) is 4.34. The molecule has 2 unspecified atom stereocenters. The molecule has 3 aliphatic heterocycles. The quantitative estimate of drug-likeness (QED) is 0.344. The molecule has 6 rings (SSSR count). The molecule has 2 atom stereocenters. The molecule has 1 saturated heterocycles. The molecule has 0 aliphatic carbocycles. The van der Waals surface area contributed by atoms with E-state index in [4.69, 9.17) is 21.4 Å². The molecule has 3 aromatic rings. The van der Waals surface area contributed by atoms with Crippen LogP contribution >= 0.6 is 27.5 Å². The van der Waals surface area contributed by atoms with Crippen LogP contribution in [0.5, 0.6) is 0 Å². The Labute approximate surface area is 241 Å². The fourth-order valence-corrected chi connectivity index (χ4v) is 6.73. The normalized spacial score (nSPS) is 22.1. The van der Waals surface area contributed by atoms with Gasteiger partial charge in [-0.2, -0.15) is 10.1 Å². The molecule has 0 radical (unpaired) electrons. The van der Waals surface area contributed by atoms with Crippen molar-refractivity contribution in [2.24, 2.45) is 10.5 Å².